The average Bonchev–Trinajstić information content (AvgIpc) is 2.34. The Morgan fingerprint density at radius 3 is 1.19 bits per heavy atom. The minimum Gasteiger partial charge on any atom is -0.364 e. The van der Waals surface area contributed by atoms with Gasteiger partial charge in [0.15, 0.2) is 0 Å². The predicted octanol–water partition coefficient (Wildman–Crippen LogP) is 3.01. The van der Waals surface area contributed by atoms with Crippen LogP contribution in [0.2, 0.25) is 0 Å². The lowest BCUT2D eigenvalue weighted by Gasteiger charge is -2.28. The standard InChI is InChI=1S/C14H24N2/c1-9-10(2)12(4)13(11(9)3)14(15(5)6)16(7)8/h1-8H3. The van der Waals surface area contributed by atoms with E-state index in [1.807, 2.05) is 0 Å². The Hall–Kier alpha value is -1.18. The summed E-state index contributed by atoms with van der Waals surface area (Å²) in [4.78, 5) is 4.38. The van der Waals surface area contributed by atoms with Crippen LogP contribution in [-0.2, 0) is 0 Å². The highest BCUT2D eigenvalue weighted by Crippen LogP contribution is 2.38. The molecule has 2 heteroatoms. The van der Waals surface area contributed by atoms with E-state index in [1.54, 1.807) is 0 Å². The molecule has 0 radical (unpaired) electrons. The van der Waals surface area contributed by atoms with Crippen molar-refractivity contribution < 1.29 is 0 Å². The van der Waals surface area contributed by atoms with Gasteiger partial charge in [0.2, 0.25) is 0 Å². The summed E-state index contributed by atoms with van der Waals surface area (Å²) in [5, 5.41) is 0. The molecule has 0 aromatic rings. The molecule has 0 saturated heterocycles. The van der Waals surface area contributed by atoms with E-state index < -0.39 is 0 Å². The van der Waals surface area contributed by atoms with Crippen LogP contribution in [0.5, 0.6) is 0 Å². The van der Waals surface area contributed by atoms with Crippen LogP contribution in [0, 0.1) is 0 Å². The van der Waals surface area contributed by atoms with Gasteiger partial charge < -0.3 is 9.80 Å². The van der Waals surface area contributed by atoms with E-state index in [0.717, 1.165) is 0 Å². The van der Waals surface area contributed by atoms with Crippen molar-refractivity contribution in [3.8, 4) is 0 Å². The van der Waals surface area contributed by atoms with E-state index >= 15 is 0 Å². The summed E-state index contributed by atoms with van der Waals surface area (Å²) in [6, 6.07) is 0. The van der Waals surface area contributed by atoms with E-state index in [1.165, 1.54) is 33.7 Å². The molecule has 1 aliphatic carbocycles. The Kier molecular flexibility index (Phi) is 3.51. The van der Waals surface area contributed by atoms with Gasteiger partial charge in [0.25, 0.3) is 0 Å². The maximum atomic E-state index is 2.22. The van der Waals surface area contributed by atoms with Gasteiger partial charge in [0, 0.05) is 33.8 Å². The molecule has 0 amide bonds. The number of hydrogen-bond donors (Lipinski definition) is 0. The topological polar surface area (TPSA) is 6.48 Å². The van der Waals surface area contributed by atoms with Crippen LogP contribution in [0.1, 0.15) is 27.7 Å². The zero-order valence-electron chi connectivity index (χ0n) is 11.9. The summed E-state index contributed by atoms with van der Waals surface area (Å²) in [6.45, 7) is 8.86. The molecule has 0 aliphatic heterocycles. The Morgan fingerprint density at radius 1 is 0.625 bits per heavy atom. The highest BCUT2D eigenvalue weighted by atomic mass is 15.3. The summed E-state index contributed by atoms with van der Waals surface area (Å²) in [5.74, 6) is 1.28. The summed E-state index contributed by atoms with van der Waals surface area (Å²) in [5.41, 5.74) is 7.06. The monoisotopic (exact) mass is 220 g/mol. The normalized spacial score (nSPS) is 16.1. The van der Waals surface area contributed by atoms with Crippen LogP contribution in [0.3, 0.4) is 0 Å². The lowest BCUT2D eigenvalue weighted by atomic mass is 10.0. The third-order valence-corrected chi connectivity index (χ3v) is 3.51. The van der Waals surface area contributed by atoms with Crippen LogP contribution in [0.4, 0.5) is 0 Å². The van der Waals surface area contributed by atoms with Crippen molar-refractivity contribution in [1.82, 2.24) is 9.80 Å². The highest BCUT2D eigenvalue weighted by molar-refractivity contribution is 5.62. The molecule has 0 unspecified atom stereocenters. The molecular weight excluding hydrogens is 196 g/mol. The zero-order valence-corrected chi connectivity index (χ0v) is 11.9. The molecule has 0 bridgehead atoms. The number of allylic oxidation sites excluding steroid dienone is 5. The van der Waals surface area contributed by atoms with Crippen molar-refractivity contribution in [2.45, 2.75) is 27.7 Å². The first-order valence-corrected chi connectivity index (χ1v) is 5.74. The molecule has 16 heavy (non-hydrogen) atoms. The van der Waals surface area contributed by atoms with Gasteiger partial charge in [-0.05, 0) is 50.0 Å². The quantitative estimate of drug-likeness (QED) is 0.706. The molecule has 0 N–H and O–H groups in total. The van der Waals surface area contributed by atoms with Crippen molar-refractivity contribution in [1.29, 1.82) is 0 Å². The molecular formula is C14H24N2. The highest BCUT2D eigenvalue weighted by Gasteiger charge is 2.23. The number of hydrogen-bond acceptors (Lipinski definition) is 2. The van der Waals surface area contributed by atoms with Crippen molar-refractivity contribution in [2.75, 3.05) is 28.2 Å². The van der Waals surface area contributed by atoms with E-state index in [4.69, 9.17) is 0 Å². The molecule has 0 saturated carbocycles. The fraction of sp³-hybridized carbons (Fsp3) is 0.571. The minimum atomic E-state index is 1.28. The van der Waals surface area contributed by atoms with E-state index in [9.17, 15) is 0 Å². The van der Waals surface area contributed by atoms with E-state index in [0.29, 0.717) is 0 Å². The molecule has 1 aliphatic rings. The summed E-state index contributed by atoms with van der Waals surface area (Å²) < 4.78 is 0. The van der Waals surface area contributed by atoms with Crippen LogP contribution < -0.4 is 0 Å². The Labute approximate surface area is 99.9 Å². The molecule has 0 aromatic heterocycles. The van der Waals surface area contributed by atoms with Crippen LogP contribution >= 0.6 is 0 Å². The van der Waals surface area contributed by atoms with Crippen molar-refractivity contribution in [3.05, 3.63) is 33.7 Å². The van der Waals surface area contributed by atoms with Crippen molar-refractivity contribution in [2.24, 2.45) is 0 Å². The SMILES string of the molecule is CC1=C(C)C(=C(N(C)C)N(C)C)C(C)=C1C. The Balaban J connectivity index is 3.48. The van der Waals surface area contributed by atoms with Crippen molar-refractivity contribution in [3.63, 3.8) is 0 Å². The predicted molar refractivity (Wildman–Crippen MR) is 71.1 cm³/mol. The largest absolute Gasteiger partial charge is 0.364 e. The van der Waals surface area contributed by atoms with Crippen LogP contribution in [0.15, 0.2) is 33.7 Å². The second-order valence-corrected chi connectivity index (χ2v) is 4.99. The summed E-state index contributed by atoms with van der Waals surface area (Å²) in [6.07, 6.45) is 0. The lowest BCUT2D eigenvalue weighted by Crippen LogP contribution is -2.26. The summed E-state index contributed by atoms with van der Waals surface area (Å²) >= 11 is 0. The fourth-order valence-corrected chi connectivity index (χ4v) is 2.40. The molecule has 0 fully saturated rings. The first-order chi connectivity index (χ1) is 7.29. The molecule has 2 nitrogen and oxygen atoms in total. The van der Waals surface area contributed by atoms with E-state index in [2.05, 4.69) is 65.7 Å². The second-order valence-electron chi connectivity index (χ2n) is 4.99. The molecule has 0 aromatic carbocycles. The van der Waals surface area contributed by atoms with Gasteiger partial charge in [-0.25, -0.2) is 0 Å². The van der Waals surface area contributed by atoms with Gasteiger partial charge in [0.05, 0.1) is 0 Å². The fourth-order valence-electron chi connectivity index (χ4n) is 2.40. The van der Waals surface area contributed by atoms with Gasteiger partial charge in [-0.1, -0.05) is 0 Å². The first-order valence-electron chi connectivity index (χ1n) is 5.74. The van der Waals surface area contributed by atoms with Crippen molar-refractivity contribution >= 4 is 0 Å². The van der Waals surface area contributed by atoms with Gasteiger partial charge >= 0.3 is 0 Å². The summed E-state index contributed by atoms with van der Waals surface area (Å²) in [7, 11) is 8.41. The van der Waals surface area contributed by atoms with Gasteiger partial charge in [-0.2, -0.15) is 0 Å². The smallest absolute Gasteiger partial charge is 0.111 e. The van der Waals surface area contributed by atoms with Crippen LogP contribution in [-0.4, -0.2) is 38.0 Å². The molecule has 90 valence electrons. The molecule has 0 spiro atoms. The molecule has 1 rings (SSSR count). The molecule has 0 atom stereocenters. The van der Waals surface area contributed by atoms with Gasteiger partial charge in [-0.15, -0.1) is 0 Å². The first kappa shape index (κ1) is 12.9. The Morgan fingerprint density at radius 2 is 0.938 bits per heavy atom. The minimum absolute atomic E-state index is 1.28. The maximum Gasteiger partial charge on any atom is 0.111 e. The van der Waals surface area contributed by atoms with E-state index in [-0.39, 0.29) is 0 Å². The lowest BCUT2D eigenvalue weighted by molar-refractivity contribution is 0.338. The average molecular weight is 220 g/mol. The zero-order chi connectivity index (χ0) is 12.6. The maximum absolute atomic E-state index is 2.22. The van der Waals surface area contributed by atoms with Crippen LogP contribution in [0.25, 0.3) is 0 Å². The Bertz CT molecular complexity index is 357. The van der Waals surface area contributed by atoms with Gasteiger partial charge in [-0.3, -0.25) is 0 Å². The van der Waals surface area contributed by atoms with Gasteiger partial charge in [0.1, 0.15) is 5.82 Å². The third-order valence-electron chi connectivity index (χ3n) is 3.51. The third kappa shape index (κ3) is 1.89. The second kappa shape index (κ2) is 4.36. The number of nitrogens with zero attached hydrogens (tertiary/aromatic N) is 2. The number of rotatable bonds is 2. The molecule has 0 heterocycles.